The normalized spacial score (nSPS) is 16.0. The lowest BCUT2D eigenvalue weighted by Crippen LogP contribution is -2.46. The van der Waals surface area contributed by atoms with Gasteiger partial charge in [0.2, 0.25) is 6.41 Å². The Morgan fingerprint density at radius 3 is 2.60 bits per heavy atom. The fraction of sp³-hybridized carbons (Fsp3) is 0.342. The van der Waals surface area contributed by atoms with E-state index in [1.165, 1.54) is 37.8 Å². The van der Waals surface area contributed by atoms with Crippen LogP contribution in [0.1, 0.15) is 62.1 Å². The summed E-state index contributed by atoms with van der Waals surface area (Å²) in [5, 5.41) is 7.50. The van der Waals surface area contributed by atoms with Crippen LogP contribution in [0.15, 0.2) is 83.7 Å². The number of nitrogens with zero attached hydrogens (tertiary/aromatic N) is 4. The topological polar surface area (TPSA) is 82.5 Å². The van der Waals surface area contributed by atoms with Gasteiger partial charge < -0.3 is 15.5 Å². The predicted molar refractivity (Wildman–Crippen MR) is 194 cm³/mol. The van der Waals surface area contributed by atoms with Gasteiger partial charge >= 0.3 is 0 Å². The number of allylic oxidation sites excluding steroid dienone is 3. The quantitative estimate of drug-likeness (QED) is 0.125. The molecule has 2 aromatic carbocycles. The van der Waals surface area contributed by atoms with Gasteiger partial charge in [-0.25, -0.2) is 4.98 Å². The van der Waals surface area contributed by atoms with Crippen LogP contribution in [0, 0.1) is 6.92 Å². The molecule has 1 aliphatic carbocycles. The molecule has 2 radical (unpaired) electrons. The van der Waals surface area contributed by atoms with Crippen molar-refractivity contribution in [2.24, 2.45) is 0 Å². The second kappa shape index (κ2) is 14.4. The molecule has 3 heterocycles. The molecule has 0 atom stereocenters. The average Bonchev–Trinajstić information content (AvgIpc) is 3.93. The number of benzene rings is 2. The van der Waals surface area contributed by atoms with Crippen molar-refractivity contribution >= 4 is 47.6 Å². The Morgan fingerprint density at radius 2 is 1.89 bits per heavy atom. The van der Waals surface area contributed by atoms with E-state index in [0.29, 0.717) is 23.2 Å². The smallest absolute Gasteiger partial charge is 0.262 e. The van der Waals surface area contributed by atoms with Crippen LogP contribution in [0.3, 0.4) is 0 Å². The van der Waals surface area contributed by atoms with Crippen molar-refractivity contribution in [3.63, 3.8) is 0 Å². The van der Waals surface area contributed by atoms with Crippen molar-refractivity contribution in [2.45, 2.75) is 52.4 Å². The third-order valence-corrected chi connectivity index (χ3v) is 9.30. The second-order valence-corrected chi connectivity index (χ2v) is 12.7. The van der Waals surface area contributed by atoms with Crippen molar-refractivity contribution in [3.8, 4) is 5.69 Å². The highest BCUT2D eigenvalue weighted by molar-refractivity contribution is 6.38. The number of hydrogen-bond donors (Lipinski definition) is 2. The van der Waals surface area contributed by atoms with Gasteiger partial charge in [0.25, 0.3) is 5.56 Å². The van der Waals surface area contributed by atoms with Gasteiger partial charge in [0.05, 0.1) is 17.6 Å². The molecule has 6 rings (SSSR count). The molecular formula is C38H43BN6O2. The van der Waals surface area contributed by atoms with Crippen molar-refractivity contribution in [1.29, 1.82) is 0 Å². The van der Waals surface area contributed by atoms with E-state index in [9.17, 15) is 9.59 Å². The number of piperazine rings is 1. The first kappa shape index (κ1) is 32.3. The summed E-state index contributed by atoms with van der Waals surface area (Å²) in [7, 11) is 6.44. The molecule has 1 saturated carbocycles. The first-order chi connectivity index (χ1) is 22.9. The van der Waals surface area contributed by atoms with Crippen LogP contribution in [0.5, 0.6) is 0 Å². The molecule has 0 unspecified atom stereocenters. The SMILES string of the molecule is [B]c1cc(C2CC2)cc2ccn(-c3cccc(C(/C=C(\C)Nc4ccc(N5CCN(CCCC)CC5)cn4)=C/NC=O)c3C)c(=O)c12. The summed E-state index contributed by atoms with van der Waals surface area (Å²) < 4.78 is 1.66. The lowest BCUT2D eigenvalue weighted by molar-refractivity contribution is -0.108. The zero-order valence-electron chi connectivity index (χ0n) is 27.6. The van der Waals surface area contributed by atoms with E-state index in [1.54, 1.807) is 10.8 Å². The molecule has 47 heavy (non-hydrogen) atoms. The molecule has 4 aromatic rings. The summed E-state index contributed by atoms with van der Waals surface area (Å²) in [6, 6.07) is 16.0. The van der Waals surface area contributed by atoms with E-state index in [2.05, 4.69) is 44.5 Å². The Kier molecular flexibility index (Phi) is 9.92. The lowest BCUT2D eigenvalue weighted by atomic mass is 9.88. The first-order valence-corrected chi connectivity index (χ1v) is 16.7. The number of nitrogens with one attached hydrogen (secondary N) is 2. The Bertz CT molecular complexity index is 1870. The molecule has 240 valence electrons. The van der Waals surface area contributed by atoms with E-state index >= 15 is 0 Å². The summed E-state index contributed by atoms with van der Waals surface area (Å²) in [5.41, 5.74) is 6.85. The van der Waals surface area contributed by atoms with Gasteiger partial charge in [-0.3, -0.25) is 19.1 Å². The van der Waals surface area contributed by atoms with Crippen LogP contribution in [0.2, 0.25) is 0 Å². The van der Waals surface area contributed by atoms with Gasteiger partial charge in [0.15, 0.2) is 0 Å². The van der Waals surface area contributed by atoms with Crippen LogP contribution in [0.25, 0.3) is 22.0 Å². The van der Waals surface area contributed by atoms with Crippen molar-refractivity contribution in [1.82, 2.24) is 19.8 Å². The maximum atomic E-state index is 13.8. The number of rotatable bonds is 12. The summed E-state index contributed by atoms with van der Waals surface area (Å²) in [6.07, 6.45) is 12.9. The van der Waals surface area contributed by atoms with Crippen molar-refractivity contribution < 1.29 is 4.79 Å². The maximum absolute atomic E-state index is 13.8. The Morgan fingerprint density at radius 1 is 1.09 bits per heavy atom. The summed E-state index contributed by atoms with van der Waals surface area (Å²) >= 11 is 0. The number of amides is 1. The number of carbonyl (C=O) groups is 1. The zero-order valence-corrected chi connectivity index (χ0v) is 27.6. The number of fused-ring (bicyclic) bond motifs is 1. The van der Waals surface area contributed by atoms with Gasteiger partial charge in [0.1, 0.15) is 13.7 Å². The molecule has 0 bridgehead atoms. The molecule has 1 saturated heterocycles. The molecule has 9 heteroatoms. The second-order valence-electron chi connectivity index (χ2n) is 12.7. The average molecular weight is 627 g/mol. The number of pyridine rings is 2. The van der Waals surface area contributed by atoms with Crippen LogP contribution in [-0.2, 0) is 4.79 Å². The number of carbonyl (C=O) groups excluding carboxylic acids is 1. The maximum Gasteiger partial charge on any atom is 0.262 e. The molecular weight excluding hydrogens is 583 g/mol. The number of anilines is 2. The molecule has 2 fully saturated rings. The zero-order chi connectivity index (χ0) is 32.9. The van der Waals surface area contributed by atoms with Crippen LogP contribution >= 0.6 is 0 Å². The van der Waals surface area contributed by atoms with Gasteiger partial charge in [-0.15, -0.1) is 0 Å². The monoisotopic (exact) mass is 626 g/mol. The number of hydrogen-bond acceptors (Lipinski definition) is 6. The highest BCUT2D eigenvalue weighted by Crippen LogP contribution is 2.40. The molecule has 8 nitrogen and oxygen atoms in total. The van der Waals surface area contributed by atoms with Crippen LogP contribution in [-0.4, -0.2) is 61.4 Å². The molecule has 1 amide bonds. The van der Waals surface area contributed by atoms with E-state index in [0.717, 1.165) is 71.2 Å². The third-order valence-electron chi connectivity index (χ3n) is 9.30. The summed E-state index contributed by atoms with van der Waals surface area (Å²) in [6.45, 7) is 11.5. The Balaban J connectivity index is 1.22. The highest BCUT2D eigenvalue weighted by atomic mass is 16.1. The van der Waals surface area contributed by atoms with Crippen molar-refractivity contribution in [2.75, 3.05) is 42.9 Å². The predicted octanol–water partition coefficient (Wildman–Crippen LogP) is 5.39. The summed E-state index contributed by atoms with van der Waals surface area (Å²) in [5.74, 6) is 1.29. The minimum Gasteiger partial charge on any atom is -0.368 e. The van der Waals surface area contributed by atoms with E-state index in [1.807, 2.05) is 68.7 Å². The van der Waals surface area contributed by atoms with E-state index in [-0.39, 0.29) is 5.56 Å². The van der Waals surface area contributed by atoms with Gasteiger partial charge in [-0.2, -0.15) is 0 Å². The highest BCUT2D eigenvalue weighted by Gasteiger charge is 2.24. The number of unbranched alkanes of at least 4 members (excludes halogenated alkanes) is 1. The molecule has 2 aromatic heterocycles. The molecule has 2 aliphatic rings. The Hall–Kier alpha value is -4.63. The fourth-order valence-electron chi connectivity index (χ4n) is 6.52. The lowest BCUT2D eigenvalue weighted by Gasteiger charge is -2.36. The van der Waals surface area contributed by atoms with E-state index in [4.69, 9.17) is 7.85 Å². The summed E-state index contributed by atoms with van der Waals surface area (Å²) in [4.78, 5) is 34.7. The number of aromatic nitrogens is 2. The van der Waals surface area contributed by atoms with Crippen LogP contribution < -0.4 is 26.6 Å². The Labute approximate surface area is 278 Å². The minimum absolute atomic E-state index is 0.152. The molecule has 1 aliphatic heterocycles. The van der Waals surface area contributed by atoms with Gasteiger partial charge in [-0.05, 0) is 104 Å². The molecule has 0 spiro atoms. The van der Waals surface area contributed by atoms with Gasteiger partial charge in [-0.1, -0.05) is 43.1 Å². The van der Waals surface area contributed by atoms with Gasteiger partial charge in [0, 0.05) is 49.7 Å². The minimum atomic E-state index is -0.152. The first-order valence-electron chi connectivity index (χ1n) is 16.7. The van der Waals surface area contributed by atoms with Crippen molar-refractivity contribution in [3.05, 3.63) is 106 Å². The third kappa shape index (κ3) is 7.36. The standard InChI is InChI=1S/C38H43BN6O2/c1-4-5-14-43-16-18-44(19-17-43)32-11-12-36(41-24-32)42-26(2)20-31(23-40-25-46)33-7-6-8-35(27(33)3)45-15-13-29-21-30(28-9-10-28)22-34(39)37(29)38(45)47/h6-8,11-13,15,20-25,28H,4-5,9-10,14,16-19H2,1-3H3,(H,40,46)(H,41,42)/b26-20+,31-23+. The largest absolute Gasteiger partial charge is 0.368 e. The molecule has 2 N–H and O–H groups in total. The van der Waals surface area contributed by atoms with Crippen LogP contribution in [0.4, 0.5) is 11.5 Å². The van der Waals surface area contributed by atoms with E-state index < -0.39 is 0 Å². The fourth-order valence-corrected chi connectivity index (χ4v) is 6.52.